The van der Waals surface area contributed by atoms with Gasteiger partial charge in [0.1, 0.15) is 5.82 Å². The summed E-state index contributed by atoms with van der Waals surface area (Å²) in [6.07, 6.45) is 7.84. The zero-order valence-corrected chi connectivity index (χ0v) is 21.2. The van der Waals surface area contributed by atoms with E-state index in [1.165, 1.54) is 22.4 Å². The molecular weight excluding hydrogens is 465 g/mol. The van der Waals surface area contributed by atoms with Gasteiger partial charge in [-0.25, -0.2) is 25.2 Å². The molecule has 3 aromatic rings. The number of halogens is 1. The average molecular weight is 498 g/mol. The number of carbonyl (C=O) groups excluding carboxylic acids is 1. The molecule has 10 heteroatoms. The summed E-state index contributed by atoms with van der Waals surface area (Å²) in [5, 5.41) is 5.51. The van der Waals surface area contributed by atoms with E-state index in [4.69, 9.17) is 5.84 Å². The average Bonchev–Trinajstić information content (AvgIpc) is 3.50. The number of fused-ring (bicyclic) bond motifs is 1. The van der Waals surface area contributed by atoms with E-state index in [1.807, 2.05) is 6.07 Å². The van der Waals surface area contributed by atoms with Crippen molar-refractivity contribution < 1.29 is 9.18 Å². The van der Waals surface area contributed by atoms with E-state index in [1.54, 1.807) is 31.4 Å². The molecule has 1 aliphatic carbocycles. The molecule has 0 radical (unpaired) electrons. The number of aromatic nitrogens is 2. The number of carbonyl (C=O) groups is 1. The summed E-state index contributed by atoms with van der Waals surface area (Å²) in [6, 6.07) is 3.62. The molecule has 1 amide bonds. The number of thiophene rings is 1. The van der Waals surface area contributed by atoms with Crippen LogP contribution in [-0.2, 0) is 0 Å². The number of hydrogen-bond donors (Lipinski definition) is 2. The Bertz CT molecular complexity index is 1240. The smallest absolute Gasteiger partial charge is 0.263 e. The SMILES string of the molecule is C[C@H]1CNCCN1c1cnc(N(N)c2cc3c(C4CCCC4)c(C(=O)N(C)C)sc3cn2)c(F)c1. The summed E-state index contributed by atoms with van der Waals surface area (Å²) in [4.78, 5) is 26.4. The second-order valence-electron chi connectivity index (χ2n) is 9.68. The molecule has 1 aliphatic heterocycles. The molecule has 2 aliphatic rings. The summed E-state index contributed by atoms with van der Waals surface area (Å²) in [5.41, 5.74) is 1.82. The lowest BCUT2D eigenvalue weighted by Crippen LogP contribution is -2.50. The number of nitrogens with zero attached hydrogens (tertiary/aromatic N) is 5. The second-order valence-corrected chi connectivity index (χ2v) is 10.7. The van der Waals surface area contributed by atoms with Crippen molar-refractivity contribution >= 4 is 44.7 Å². The maximum Gasteiger partial charge on any atom is 0.263 e. The van der Waals surface area contributed by atoms with Crippen LogP contribution in [0.15, 0.2) is 24.5 Å². The van der Waals surface area contributed by atoms with Crippen LogP contribution in [0.4, 0.5) is 21.7 Å². The number of nitrogens with one attached hydrogen (secondary N) is 1. The highest BCUT2D eigenvalue weighted by atomic mass is 32.1. The Hall–Kier alpha value is -2.82. The first-order valence-corrected chi connectivity index (χ1v) is 13.0. The van der Waals surface area contributed by atoms with Crippen LogP contribution in [0.25, 0.3) is 10.1 Å². The molecule has 1 saturated carbocycles. The first-order chi connectivity index (χ1) is 16.8. The molecule has 5 rings (SSSR count). The quantitative estimate of drug-likeness (QED) is 0.407. The van der Waals surface area contributed by atoms with Gasteiger partial charge in [-0.2, -0.15) is 0 Å². The summed E-state index contributed by atoms with van der Waals surface area (Å²) in [7, 11) is 3.55. The van der Waals surface area contributed by atoms with Crippen molar-refractivity contribution in [2.24, 2.45) is 5.84 Å². The number of rotatable bonds is 5. The Morgan fingerprint density at radius 1 is 1.23 bits per heavy atom. The van der Waals surface area contributed by atoms with Gasteiger partial charge in [-0.3, -0.25) is 4.79 Å². The van der Waals surface area contributed by atoms with Crippen LogP contribution >= 0.6 is 11.3 Å². The van der Waals surface area contributed by atoms with Crippen molar-refractivity contribution in [2.75, 3.05) is 43.6 Å². The predicted molar refractivity (Wildman–Crippen MR) is 139 cm³/mol. The molecule has 4 heterocycles. The van der Waals surface area contributed by atoms with Crippen LogP contribution in [0.5, 0.6) is 0 Å². The highest BCUT2D eigenvalue weighted by Gasteiger charge is 2.29. The number of pyridine rings is 2. The van der Waals surface area contributed by atoms with Gasteiger partial charge in [0, 0.05) is 57.4 Å². The number of nitrogens with two attached hydrogens (primary N) is 1. The van der Waals surface area contributed by atoms with Gasteiger partial charge in [-0.05, 0) is 37.3 Å². The highest BCUT2D eigenvalue weighted by Crippen LogP contribution is 2.44. The van der Waals surface area contributed by atoms with E-state index in [0.29, 0.717) is 11.7 Å². The lowest BCUT2D eigenvalue weighted by Gasteiger charge is -2.35. The fraction of sp³-hybridized carbons (Fsp3) is 0.480. The Morgan fingerprint density at radius 2 is 2.00 bits per heavy atom. The molecule has 1 atom stereocenters. The van der Waals surface area contributed by atoms with E-state index in [0.717, 1.165) is 71.5 Å². The van der Waals surface area contributed by atoms with Crippen LogP contribution in [-0.4, -0.2) is 60.5 Å². The van der Waals surface area contributed by atoms with Gasteiger partial charge in [-0.1, -0.05) is 12.8 Å². The third-order valence-electron chi connectivity index (χ3n) is 7.08. The maximum atomic E-state index is 15.2. The van der Waals surface area contributed by atoms with Gasteiger partial charge in [0.15, 0.2) is 11.6 Å². The second kappa shape index (κ2) is 9.67. The summed E-state index contributed by atoms with van der Waals surface area (Å²) < 4.78 is 16.1. The normalized spacial score (nSPS) is 18.9. The number of amides is 1. The van der Waals surface area contributed by atoms with Gasteiger partial charge in [0.25, 0.3) is 5.91 Å². The third-order valence-corrected chi connectivity index (χ3v) is 8.22. The maximum absolute atomic E-state index is 15.2. The number of hydrazine groups is 1. The van der Waals surface area contributed by atoms with Crippen LogP contribution in [0.3, 0.4) is 0 Å². The molecule has 35 heavy (non-hydrogen) atoms. The van der Waals surface area contributed by atoms with E-state index in [2.05, 4.69) is 27.1 Å². The summed E-state index contributed by atoms with van der Waals surface area (Å²) in [5.74, 6) is 6.61. The Morgan fingerprint density at radius 3 is 2.69 bits per heavy atom. The van der Waals surface area contributed by atoms with E-state index >= 15 is 4.39 Å². The Kier molecular flexibility index (Phi) is 6.61. The van der Waals surface area contributed by atoms with Gasteiger partial charge in [0.05, 0.1) is 21.5 Å². The predicted octanol–water partition coefficient (Wildman–Crippen LogP) is 4.00. The molecule has 1 saturated heterocycles. The lowest BCUT2D eigenvalue weighted by molar-refractivity contribution is 0.0831. The highest BCUT2D eigenvalue weighted by molar-refractivity contribution is 7.21. The minimum Gasteiger partial charge on any atom is -0.365 e. The fourth-order valence-electron chi connectivity index (χ4n) is 5.21. The van der Waals surface area contributed by atoms with E-state index in [9.17, 15) is 4.79 Å². The van der Waals surface area contributed by atoms with E-state index in [-0.39, 0.29) is 17.8 Å². The van der Waals surface area contributed by atoms with Crippen LogP contribution in [0.1, 0.15) is 53.8 Å². The molecule has 0 spiro atoms. The molecule has 186 valence electrons. The first-order valence-electron chi connectivity index (χ1n) is 12.2. The van der Waals surface area contributed by atoms with Crippen LogP contribution in [0, 0.1) is 5.82 Å². The van der Waals surface area contributed by atoms with Gasteiger partial charge in [0.2, 0.25) is 0 Å². The third kappa shape index (κ3) is 4.46. The van der Waals surface area contributed by atoms with Gasteiger partial charge in [-0.15, -0.1) is 11.3 Å². The summed E-state index contributed by atoms with van der Waals surface area (Å²) in [6.45, 7) is 4.59. The number of hydrogen-bond acceptors (Lipinski definition) is 8. The van der Waals surface area contributed by atoms with Crippen LogP contribution < -0.4 is 21.1 Å². The molecular formula is C25H32FN7OS. The topological polar surface area (TPSA) is 90.6 Å². The molecule has 2 fully saturated rings. The first kappa shape index (κ1) is 23.9. The number of anilines is 3. The molecule has 8 nitrogen and oxygen atoms in total. The van der Waals surface area contributed by atoms with Gasteiger partial charge < -0.3 is 15.1 Å². The van der Waals surface area contributed by atoms with E-state index < -0.39 is 5.82 Å². The minimum absolute atomic E-state index is 0.00435. The number of piperazine rings is 1. The largest absolute Gasteiger partial charge is 0.365 e. The van der Waals surface area contributed by atoms with Crippen molar-refractivity contribution in [3.05, 3.63) is 40.8 Å². The zero-order valence-electron chi connectivity index (χ0n) is 20.4. The van der Waals surface area contributed by atoms with Crippen molar-refractivity contribution in [2.45, 2.75) is 44.6 Å². The Balaban J connectivity index is 1.51. The molecule has 0 unspecified atom stereocenters. The minimum atomic E-state index is -0.498. The molecule has 0 aromatic carbocycles. The molecule has 0 bridgehead atoms. The van der Waals surface area contributed by atoms with Crippen molar-refractivity contribution in [1.29, 1.82) is 0 Å². The standard InChI is InChI=1S/C25H32FN7OS/c1-15-12-28-8-9-32(15)17-10-19(26)24(30-13-17)33(27)21-11-18-20(14-29-21)35-23(25(34)31(2)3)22(18)16-6-4-5-7-16/h10-11,13-16,28H,4-9,12,27H2,1-3H3/t15-/m0/s1. The Labute approximate surface area is 208 Å². The lowest BCUT2D eigenvalue weighted by atomic mass is 9.94. The van der Waals surface area contributed by atoms with Crippen molar-refractivity contribution in [1.82, 2.24) is 20.2 Å². The zero-order chi connectivity index (χ0) is 24.7. The molecule has 3 aromatic heterocycles. The van der Waals surface area contributed by atoms with Crippen LogP contribution in [0.2, 0.25) is 0 Å². The van der Waals surface area contributed by atoms with Crippen molar-refractivity contribution in [3.63, 3.8) is 0 Å². The van der Waals surface area contributed by atoms with Gasteiger partial charge >= 0.3 is 0 Å². The monoisotopic (exact) mass is 497 g/mol. The summed E-state index contributed by atoms with van der Waals surface area (Å²) >= 11 is 1.47. The fourth-order valence-corrected chi connectivity index (χ4v) is 6.47. The molecule has 3 N–H and O–H groups in total. The van der Waals surface area contributed by atoms with Crippen molar-refractivity contribution in [3.8, 4) is 0 Å².